The molecule has 0 spiro atoms. The van der Waals surface area contributed by atoms with Crippen LogP contribution in [0.2, 0.25) is 0 Å². The summed E-state index contributed by atoms with van der Waals surface area (Å²) in [5.41, 5.74) is 15.0. The molecule has 0 saturated carbocycles. The normalized spacial score (nSPS) is 11.6. The second-order valence-corrected chi connectivity index (χ2v) is 16.9. The van der Waals surface area contributed by atoms with Crippen molar-refractivity contribution in [3.8, 4) is 55.9 Å². The Morgan fingerprint density at radius 2 is 0.727 bits per heavy atom. The Kier molecular flexibility index (Phi) is 8.78. The maximum absolute atomic E-state index is 4.76. The standard InChI is InChI=1S/C61H39N5/c1-2-19-46(20-3-1)65-48-33-56(52-24-8-15-40-13-4-6-22-50(40)52)55-30-45(43-18-11-27-63-38-43)32-61(59(55)35-48)66(47-21-12-28-64-39-47)49-34-57(53-25-9-16-41-14-5-7-23-51(41)53)54-29-44(31-60(65)58(54)36-49)42-17-10-26-62-37-42/h1-39H. The minimum absolute atomic E-state index is 0.955. The second-order valence-electron chi connectivity index (χ2n) is 16.9. The van der Waals surface area contributed by atoms with E-state index in [4.69, 9.17) is 4.98 Å². The SMILES string of the molecule is c1ccc(-n2c3cc(-c4cccc5ccccc45)c4cc(-c5cccnc5)cc(c4c3)n(-c3cccnc3)c3cc(-c4cccc5ccccc45)c4cc(-c5cccnc5)cc2c4c3)cc1. The van der Waals surface area contributed by atoms with Gasteiger partial charge < -0.3 is 9.13 Å². The zero-order valence-corrected chi connectivity index (χ0v) is 35.8. The Morgan fingerprint density at radius 3 is 1.23 bits per heavy atom. The molecule has 5 heteroatoms. The van der Waals surface area contributed by atoms with Crippen molar-refractivity contribution in [1.82, 2.24) is 24.1 Å². The predicted molar refractivity (Wildman–Crippen MR) is 274 cm³/mol. The third-order valence-corrected chi connectivity index (χ3v) is 13.1. The summed E-state index contributed by atoms with van der Waals surface area (Å²) in [6, 6.07) is 73.1. The summed E-state index contributed by atoms with van der Waals surface area (Å²) in [6.07, 6.45) is 11.4. The number of rotatable bonds is 6. The van der Waals surface area contributed by atoms with Crippen LogP contribution in [-0.4, -0.2) is 24.1 Å². The molecule has 9 aromatic carbocycles. The van der Waals surface area contributed by atoms with Crippen LogP contribution in [0, 0.1) is 0 Å². The Balaban J connectivity index is 1.34. The maximum atomic E-state index is 4.76. The van der Waals surface area contributed by atoms with Crippen molar-refractivity contribution >= 4 is 65.2 Å². The number of fused-ring (bicyclic) bond motifs is 4. The van der Waals surface area contributed by atoms with Gasteiger partial charge in [0.25, 0.3) is 0 Å². The summed E-state index contributed by atoms with van der Waals surface area (Å²) in [4.78, 5) is 14.0. The van der Waals surface area contributed by atoms with Gasteiger partial charge >= 0.3 is 0 Å². The number of hydrogen-bond donors (Lipinski definition) is 0. The van der Waals surface area contributed by atoms with Crippen molar-refractivity contribution in [2.24, 2.45) is 0 Å². The molecule has 0 fully saturated rings. The maximum Gasteiger partial charge on any atom is 0.0645 e. The molecule has 308 valence electrons. The number of pyridine rings is 3. The summed E-state index contributed by atoms with van der Waals surface area (Å²) in [5, 5.41) is 9.25. The van der Waals surface area contributed by atoms with E-state index in [0.717, 1.165) is 93.9 Å². The smallest absolute Gasteiger partial charge is 0.0645 e. The van der Waals surface area contributed by atoms with Gasteiger partial charge in [0.15, 0.2) is 0 Å². The molecular formula is C61H39N5. The van der Waals surface area contributed by atoms with E-state index in [1.807, 2.05) is 55.4 Å². The Morgan fingerprint density at radius 1 is 0.273 bits per heavy atom. The Hall–Kier alpha value is -8.93. The number of aromatic nitrogens is 5. The van der Waals surface area contributed by atoms with E-state index in [1.165, 1.54) is 27.1 Å². The molecule has 0 aliphatic heterocycles. The highest BCUT2D eigenvalue weighted by atomic mass is 15.0. The van der Waals surface area contributed by atoms with Gasteiger partial charge in [0.2, 0.25) is 0 Å². The van der Waals surface area contributed by atoms with Crippen LogP contribution in [-0.2, 0) is 0 Å². The van der Waals surface area contributed by atoms with E-state index < -0.39 is 0 Å². The van der Waals surface area contributed by atoms with Crippen molar-refractivity contribution in [3.63, 3.8) is 0 Å². The van der Waals surface area contributed by atoms with Gasteiger partial charge in [0.1, 0.15) is 0 Å². The molecular weight excluding hydrogens is 803 g/mol. The van der Waals surface area contributed by atoms with Crippen molar-refractivity contribution in [3.05, 3.63) is 237 Å². The van der Waals surface area contributed by atoms with Gasteiger partial charge in [-0.1, -0.05) is 115 Å². The van der Waals surface area contributed by atoms with Gasteiger partial charge in [-0.15, -0.1) is 0 Å². The van der Waals surface area contributed by atoms with Crippen LogP contribution in [0.4, 0.5) is 0 Å². The fourth-order valence-electron chi connectivity index (χ4n) is 10.2. The van der Waals surface area contributed by atoms with Crippen LogP contribution >= 0.6 is 0 Å². The van der Waals surface area contributed by atoms with Crippen molar-refractivity contribution in [2.75, 3.05) is 0 Å². The molecule has 0 saturated heterocycles. The van der Waals surface area contributed by atoms with Gasteiger partial charge in [-0.3, -0.25) is 15.0 Å². The monoisotopic (exact) mass is 841 g/mol. The molecule has 5 nitrogen and oxygen atoms in total. The summed E-state index contributed by atoms with van der Waals surface area (Å²) in [5.74, 6) is 0. The zero-order valence-electron chi connectivity index (χ0n) is 35.8. The molecule has 0 N–H and O–H groups in total. The fraction of sp³-hybridized carbons (Fsp3) is 0. The second kappa shape index (κ2) is 15.4. The van der Waals surface area contributed by atoms with E-state index in [9.17, 15) is 0 Å². The first-order valence-electron chi connectivity index (χ1n) is 22.3. The van der Waals surface area contributed by atoms with E-state index in [1.54, 1.807) is 0 Å². The lowest BCUT2D eigenvalue weighted by Crippen LogP contribution is -2.04. The van der Waals surface area contributed by atoms with Gasteiger partial charge in [-0.25, -0.2) is 0 Å². The van der Waals surface area contributed by atoms with Gasteiger partial charge in [-0.2, -0.15) is 0 Å². The lowest BCUT2D eigenvalue weighted by atomic mass is 9.90. The molecule has 0 aliphatic rings. The summed E-state index contributed by atoms with van der Waals surface area (Å²) in [7, 11) is 0. The predicted octanol–water partition coefficient (Wildman–Crippen LogP) is 15.6. The molecule has 66 heavy (non-hydrogen) atoms. The molecule has 0 aliphatic carbocycles. The summed E-state index contributed by atoms with van der Waals surface area (Å²) in [6.45, 7) is 0. The van der Waals surface area contributed by atoms with E-state index in [0.29, 0.717) is 0 Å². The molecule has 4 heterocycles. The Bertz CT molecular complexity index is 3750. The van der Waals surface area contributed by atoms with E-state index in [-0.39, 0.29) is 0 Å². The van der Waals surface area contributed by atoms with E-state index in [2.05, 4.69) is 201 Å². The average Bonchev–Trinajstić information content (AvgIpc) is 3.39. The number of nitrogens with zero attached hydrogens (tertiary/aromatic N) is 5. The van der Waals surface area contributed by atoms with Crippen LogP contribution in [0.3, 0.4) is 0 Å². The summed E-state index contributed by atoms with van der Waals surface area (Å²) >= 11 is 0. The first-order chi connectivity index (χ1) is 32.7. The molecule has 0 amide bonds. The molecule has 13 aromatic rings. The fourth-order valence-corrected chi connectivity index (χ4v) is 10.2. The molecule has 0 atom stereocenters. The number of para-hydroxylation sites is 1. The molecule has 4 aromatic heterocycles. The van der Waals surface area contributed by atoms with Crippen molar-refractivity contribution < 1.29 is 0 Å². The topological polar surface area (TPSA) is 48.5 Å². The van der Waals surface area contributed by atoms with Gasteiger partial charge in [0.05, 0.1) is 22.9 Å². The first-order valence-corrected chi connectivity index (χ1v) is 22.3. The number of benzene rings is 9. The van der Waals surface area contributed by atoms with E-state index >= 15 is 0 Å². The molecule has 13 rings (SSSR count). The molecule has 4 bridgehead atoms. The molecule has 0 unspecified atom stereocenters. The highest BCUT2D eigenvalue weighted by molar-refractivity contribution is 6.16. The Labute approximate surface area is 380 Å². The van der Waals surface area contributed by atoms with Gasteiger partial charge in [0, 0.05) is 69.6 Å². The van der Waals surface area contributed by atoms with Crippen LogP contribution in [0.5, 0.6) is 0 Å². The van der Waals surface area contributed by atoms with Crippen LogP contribution in [0.25, 0.3) is 121 Å². The molecule has 0 radical (unpaired) electrons. The number of hydrogen-bond acceptors (Lipinski definition) is 3. The van der Waals surface area contributed by atoms with Crippen LogP contribution in [0.1, 0.15) is 0 Å². The zero-order chi connectivity index (χ0) is 43.6. The first kappa shape index (κ1) is 37.6. The lowest BCUT2D eigenvalue weighted by Gasteiger charge is -2.22. The average molecular weight is 842 g/mol. The van der Waals surface area contributed by atoms with Gasteiger partial charge in [-0.05, 0) is 151 Å². The van der Waals surface area contributed by atoms with Crippen molar-refractivity contribution in [2.45, 2.75) is 0 Å². The largest absolute Gasteiger partial charge is 0.310 e. The lowest BCUT2D eigenvalue weighted by molar-refractivity contribution is 1.13. The van der Waals surface area contributed by atoms with Crippen LogP contribution < -0.4 is 0 Å². The quantitative estimate of drug-likeness (QED) is 0.168. The highest BCUT2D eigenvalue weighted by Gasteiger charge is 2.20. The third-order valence-electron chi connectivity index (χ3n) is 13.1. The summed E-state index contributed by atoms with van der Waals surface area (Å²) < 4.78 is 4.88. The van der Waals surface area contributed by atoms with Crippen molar-refractivity contribution in [1.29, 1.82) is 0 Å². The minimum Gasteiger partial charge on any atom is -0.310 e. The third kappa shape index (κ3) is 6.21. The minimum atomic E-state index is 0.955. The van der Waals surface area contributed by atoms with Crippen LogP contribution in [0.15, 0.2) is 237 Å². The highest BCUT2D eigenvalue weighted by Crippen LogP contribution is 2.44.